The van der Waals surface area contributed by atoms with Crippen LogP contribution >= 0.6 is 0 Å². The maximum absolute atomic E-state index is 13.0. The molecule has 0 bridgehead atoms. The van der Waals surface area contributed by atoms with Crippen molar-refractivity contribution in [1.29, 1.82) is 0 Å². The van der Waals surface area contributed by atoms with Crippen molar-refractivity contribution in [1.82, 2.24) is 9.80 Å². The molecule has 3 aliphatic rings. The van der Waals surface area contributed by atoms with Gasteiger partial charge in [-0.25, -0.2) is 0 Å². The van der Waals surface area contributed by atoms with E-state index in [1.807, 2.05) is 37.4 Å². The number of likely N-dealkylation sites (N-methyl/N-ethyl adjacent to an activating group) is 1. The second-order valence-electron chi connectivity index (χ2n) is 8.42. The zero-order valence-corrected chi connectivity index (χ0v) is 16.0. The van der Waals surface area contributed by atoms with Gasteiger partial charge in [0.2, 0.25) is 5.91 Å². The Bertz CT molecular complexity index is 606. The van der Waals surface area contributed by atoms with Gasteiger partial charge in [0, 0.05) is 25.7 Å². The van der Waals surface area contributed by atoms with E-state index < -0.39 is 0 Å². The number of nitrogens with zero attached hydrogens (tertiary/aromatic N) is 2. The van der Waals surface area contributed by atoms with E-state index in [2.05, 4.69) is 9.80 Å². The van der Waals surface area contributed by atoms with Crippen LogP contribution in [0.1, 0.15) is 50.5 Å². The first-order valence-electron chi connectivity index (χ1n) is 10.3. The van der Waals surface area contributed by atoms with Crippen molar-refractivity contribution in [2.24, 2.45) is 0 Å². The molecule has 1 saturated carbocycles. The highest BCUT2D eigenvalue weighted by Gasteiger charge is 2.47. The lowest BCUT2D eigenvalue weighted by atomic mass is 9.76. The summed E-state index contributed by atoms with van der Waals surface area (Å²) < 4.78 is 6.23. The zero-order chi connectivity index (χ0) is 18.0. The molecule has 3 fully saturated rings. The zero-order valence-electron chi connectivity index (χ0n) is 16.0. The van der Waals surface area contributed by atoms with E-state index in [4.69, 9.17) is 4.74 Å². The molecule has 4 nitrogen and oxygen atoms in total. The smallest absolute Gasteiger partial charge is 0.227 e. The first kappa shape index (κ1) is 18.0. The van der Waals surface area contributed by atoms with Crippen molar-refractivity contribution in [2.45, 2.75) is 69.1 Å². The fraction of sp³-hybridized carbons (Fsp3) is 0.682. The maximum atomic E-state index is 13.0. The lowest BCUT2D eigenvalue weighted by Crippen LogP contribution is -2.58. The van der Waals surface area contributed by atoms with Gasteiger partial charge in [0.25, 0.3) is 0 Å². The van der Waals surface area contributed by atoms with E-state index in [1.54, 1.807) is 0 Å². The summed E-state index contributed by atoms with van der Waals surface area (Å²) in [5.41, 5.74) is 1.20. The highest BCUT2D eigenvalue weighted by atomic mass is 16.5. The van der Waals surface area contributed by atoms with Crippen LogP contribution in [0.25, 0.3) is 0 Å². The Morgan fingerprint density at radius 2 is 1.96 bits per heavy atom. The van der Waals surface area contributed by atoms with Gasteiger partial charge >= 0.3 is 0 Å². The third-order valence-corrected chi connectivity index (χ3v) is 6.80. The third kappa shape index (κ3) is 3.67. The number of hydrogen-bond acceptors (Lipinski definition) is 3. The molecule has 1 amide bonds. The van der Waals surface area contributed by atoms with Gasteiger partial charge in [0.1, 0.15) is 0 Å². The van der Waals surface area contributed by atoms with Crippen LogP contribution in [0.15, 0.2) is 30.3 Å². The molecule has 0 N–H and O–H groups in total. The molecule has 3 atom stereocenters. The van der Waals surface area contributed by atoms with Crippen molar-refractivity contribution in [3.05, 3.63) is 35.9 Å². The van der Waals surface area contributed by atoms with Gasteiger partial charge < -0.3 is 9.64 Å². The second-order valence-corrected chi connectivity index (χ2v) is 8.42. The Kier molecular flexibility index (Phi) is 5.32. The molecular weight excluding hydrogens is 324 g/mol. The summed E-state index contributed by atoms with van der Waals surface area (Å²) in [7, 11) is 2.02. The Hall–Kier alpha value is -1.39. The fourth-order valence-corrected chi connectivity index (χ4v) is 5.31. The molecule has 1 aromatic rings. The van der Waals surface area contributed by atoms with E-state index in [1.165, 1.54) is 38.8 Å². The molecule has 0 aromatic heterocycles. The minimum Gasteiger partial charge on any atom is -0.375 e. The Morgan fingerprint density at radius 1 is 1.19 bits per heavy atom. The molecule has 26 heavy (non-hydrogen) atoms. The summed E-state index contributed by atoms with van der Waals surface area (Å²) >= 11 is 0. The van der Waals surface area contributed by atoms with Crippen molar-refractivity contribution >= 4 is 5.91 Å². The number of carbonyl (C=O) groups excluding carboxylic acids is 1. The average Bonchev–Trinajstić information content (AvgIpc) is 3.34. The highest BCUT2D eigenvalue weighted by molar-refractivity contribution is 5.79. The molecule has 2 saturated heterocycles. The third-order valence-electron chi connectivity index (χ3n) is 6.80. The standard InChI is InChI=1S/C22H32N2O2/c1-23(21(25)16-18-8-3-2-4-9-18)19-10-12-22(11-7-15-26-22)17-20(19)24-13-5-6-14-24/h2-4,8-9,19-20H,5-7,10-17H2,1H3/t19-,20+,22+/m1/s1. The quantitative estimate of drug-likeness (QED) is 0.830. The number of benzene rings is 1. The van der Waals surface area contributed by atoms with Crippen LogP contribution in [0.4, 0.5) is 0 Å². The van der Waals surface area contributed by atoms with E-state index in [0.717, 1.165) is 31.4 Å². The van der Waals surface area contributed by atoms with Crippen LogP contribution < -0.4 is 0 Å². The van der Waals surface area contributed by atoms with Gasteiger partial charge in [-0.2, -0.15) is 0 Å². The first-order valence-corrected chi connectivity index (χ1v) is 10.3. The summed E-state index contributed by atoms with van der Waals surface area (Å²) in [5, 5.41) is 0. The van der Waals surface area contributed by atoms with Crippen LogP contribution in [0, 0.1) is 0 Å². The summed E-state index contributed by atoms with van der Waals surface area (Å²) in [4.78, 5) is 17.7. The van der Waals surface area contributed by atoms with Crippen LogP contribution in [0.3, 0.4) is 0 Å². The van der Waals surface area contributed by atoms with Crippen LogP contribution in [0.5, 0.6) is 0 Å². The summed E-state index contributed by atoms with van der Waals surface area (Å²) in [6, 6.07) is 10.9. The largest absolute Gasteiger partial charge is 0.375 e. The predicted octanol–water partition coefficient (Wildman–Crippen LogP) is 3.25. The van der Waals surface area contributed by atoms with Gasteiger partial charge in [0.15, 0.2) is 0 Å². The number of likely N-dealkylation sites (tertiary alicyclic amines) is 1. The van der Waals surface area contributed by atoms with Crippen LogP contribution in [-0.2, 0) is 16.0 Å². The molecule has 1 aromatic carbocycles. The highest BCUT2D eigenvalue weighted by Crippen LogP contribution is 2.42. The van der Waals surface area contributed by atoms with E-state index in [-0.39, 0.29) is 11.5 Å². The molecule has 2 heterocycles. The average molecular weight is 357 g/mol. The molecule has 1 spiro atoms. The Morgan fingerprint density at radius 3 is 2.65 bits per heavy atom. The van der Waals surface area contributed by atoms with Gasteiger partial charge in [-0.3, -0.25) is 9.69 Å². The van der Waals surface area contributed by atoms with E-state index in [9.17, 15) is 4.79 Å². The monoisotopic (exact) mass is 356 g/mol. The normalized spacial score (nSPS) is 32.2. The molecule has 4 heteroatoms. The summed E-state index contributed by atoms with van der Waals surface area (Å²) in [6.07, 6.45) is 8.75. The lowest BCUT2D eigenvalue weighted by molar-refractivity contribution is -0.136. The van der Waals surface area contributed by atoms with Crippen molar-refractivity contribution in [3.8, 4) is 0 Å². The van der Waals surface area contributed by atoms with E-state index >= 15 is 0 Å². The van der Waals surface area contributed by atoms with Gasteiger partial charge in [0.05, 0.1) is 12.0 Å². The second kappa shape index (κ2) is 7.69. The van der Waals surface area contributed by atoms with Crippen molar-refractivity contribution in [3.63, 3.8) is 0 Å². The molecule has 142 valence electrons. The molecule has 1 aliphatic carbocycles. The molecular formula is C22H32N2O2. The number of hydrogen-bond donors (Lipinski definition) is 0. The van der Waals surface area contributed by atoms with Gasteiger partial charge in [-0.15, -0.1) is 0 Å². The topological polar surface area (TPSA) is 32.8 Å². The SMILES string of the molecule is CN(C(=O)Cc1ccccc1)[C@@H]1CC[C@@]2(CCCO2)C[C@@H]1N1CCCC1. The Labute approximate surface area is 157 Å². The number of amides is 1. The molecule has 4 rings (SSSR count). The lowest BCUT2D eigenvalue weighted by Gasteiger charge is -2.48. The minimum atomic E-state index is 0.0904. The van der Waals surface area contributed by atoms with Crippen LogP contribution in [0.2, 0.25) is 0 Å². The van der Waals surface area contributed by atoms with Crippen molar-refractivity contribution in [2.75, 3.05) is 26.7 Å². The molecule has 0 radical (unpaired) electrons. The van der Waals surface area contributed by atoms with Crippen molar-refractivity contribution < 1.29 is 9.53 Å². The predicted molar refractivity (Wildman–Crippen MR) is 103 cm³/mol. The minimum absolute atomic E-state index is 0.0904. The Balaban J connectivity index is 1.48. The fourth-order valence-electron chi connectivity index (χ4n) is 5.31. The molecule has 2 aliphatic heterocycles. The number of carbonyl (C=O) groups is 1. The first-order chi connectivity index (χ1) is 12.7. The summed E-state index contributed by atoms with van der Waals surface area (Å²) in [5.74, 6) is 0.244. The summed E-state index contributed by atoms with van der Waals surface area (Å²) in [6.45, 7) is 3.27. The number of ether oxygens (including phenoxy) is 1. The van der Waals surface area contributed by atoms with Gasteiger partial charge in [-0.05, 0) is 63.6 Å². The van der Waals surface area contributed by atoms with E-state index in [0.29, 0.717) is 18.5 Å². The van der Waals surface area contributed by atoms with Crippen LogP contribution in [-0.4, -0.2) is 60.1 Å². The maximum Gasteiger partial charge on any atom is 0.227 e. The van der Waals surface area contributed by atoms with Gasteiger partial charge in [-0.1, -0.05) is 30.3 Å². The number of rotatable bonds is 4. The molecule has 0 unspecified atom stereocenters.